The summed E-state index contributed by atoms with van der Waals surface area (Å²) in [6.45, 7) is 1.93. The number of amides is 2. The largest absolute Gasteiger partial charge is 0.457 e. The number of carbonyl (C=O) groups is 3. The normalized spacial score (nSPS) is 24.6. The van der Waals surface area contributed by atoms with Crippen LogP contribution >= 0.6 is 0 Å². The standard InChI is InChI=1S/C22H21FN2O4/c1-13-19-10-16(12-26)25(21(13)19)20(27)11-24-22(28)14-2-6-17(7-3-14)29-18-8-4-15(23)5-9-18/h2-9,12-13,16,19,21H,10-11H2,1H3,(H,24,28). The Kier molecular flexibility index (Phi) is 5.05. The summed E-state index contributed by atoms with van der Waals surface area (Å²) in [5, 5.41) is 2.62. The number of halogens is 1. The Hall–Kier alpha value is -3.22. The monoisotopic (exact) mass is 396 g/mol. The molecular weight excluding hydrogens is 375 g/mol. The molecule has 4 unspecified atom stereocenters. The van der Waals surface area contributed by atoms with E-state index in [0.717, 1.165) is 6.29 Å². The Morgan fingerprint density at radius 3 is 2.38 bits per heavy atom. The van der Waals surface area contributed by atoms with E-state index in [4.69, 9.17) is 4.74 Å². The minimum absolute atomic E-state index is 0.123. The number of nitrogens with one attached hydrogen (secondary N) is 1. The van der Waals surface area contributed by atoms with Gasteiger partial charge in [0.05, 0.1) is 12.6 Å². The third-order valence-electron chi connectivity index (χ3n) is 5.72. The molecule has 0 aromatic heterocycles. The second-order valence-electron chi connectivity index (χ2n) is 7.52. The van der Waals surface area contributed by atoms with E-state index in [1.54, 1.807) is 29.2 Å². The van der Waals surface area contributed by atoms with Gasteiger partial charge in [-0.1, -0.05) is 6.92 Å². The van der Waals surface area contributed by atoms with E-state index >= 15 is 0 Å². The summed E-state index contributed by atoms with van der Waals surface area (Å²) < 4.78 is 18.5. The molecule has 6 nitrogen and oxygen atoms in total. The molecule has 1 aliphatic heterocycles. The molecule has 150 valence electrons. The van der Waals surface area contributed by atoms with E-state index in [1.807, 2.05) is 0 Å². The number of nitrogens with zero attached hydrogens (tertiary/aromatic N) is 1. The highest BCUT2D eigenvalue weighted by molar-refractivity contribution is 5.97. The molecule has 1 heterocycles. The number of carbonyl (C=O) groups excluding carboxylic acids is 3. The molecule has 4 rings (SSSR count). The predicted octanol–water partition coefficient (Wildman–Crippen LogP) is 2.78. The van der Waals surface area contributed by atoms with Crippen molar-refractivity contribution in [2.45, 2.75) is 25.4 Å². The molecule has 1 saturated heterocycles. The average molecular weight is 396 g/mol. The van der Waals surface area contributed by atoms with E-state index in [2.05, 4.69) is 12.2 Å². The molecule has 0 spiro atoms. The van der Waals surface area contributed by atoms with E-state index in [-0.39, 0.29) is 36.3 Å². The number of piperidine rings is 1. The van der Waals surface area contributed by atoms with Crippen LogP contribution in [-0.2, 0) is 9.59 Å². The van der Waals surface area contributed by atoms with E-state index in [9.17, 15) is 18.8 Å². The lowest BCUT2D eigenvalue weighted by atomic mass is 10.1. The summed E-state index contributed by atoms with van der Waals surface area (Å²) in [7, 11) is 0. The van der Waals surface area contributed by atoms with E-state index in [1.165, 1.54) is 24.3 Å². The Morgan fingerprint density at radius 1 is 1.14 bits per heavy atom. The zero-order valence-corrected chi connectivity index (χ0v) is 15.9. The van der Waals surface area contributed by atoms with Crippen LogP contribution in [0.4, 0.5) is 4.39 Å². The van der Waals surface area contributed by atoms with Crippen molar-refractivity contribution in [2.24, 2.45) is 11.8 Å². The van der Waals surface area contributed by atoms with Gasteiger partial charge in [-0.2, -0.15) is 0 Å². The highest BCUT2D eigenvalue weighted by atomic mass is 19.1. The molecule has 2 amide bonds. The van der Waals surface area contributed by atoms with Gasteiger partial charge < -0.3 is 19.7 Å². The molecule has 2 aromatic carbocycles. The lowest BCUT2D eigenvalue weighted by Gasteiger charge is -2.25. The van der Waals surface area contributed by atoms with Crippen molar-refractivity contribution in [1.29, 1.82) is 0 Å². The first-order valence-corrected chi connectivity index (χ1v) is 9.56. The first-order chi connectivity index (χ1) is 14.0. The van der Waals surface area contributed by atoms with Crippen molar-refractivity contribution in [3.8, 4) is 11.5 Å². The number of hydrogen-bond acceptors (Lipinski definition) is 4. The highest BCUT2D eigenvalue weighted by Crippen LogP contribution is 2.52. The Bertz CT molecular complexity index is 929. The molecule has 2 fully saturated rings. The number of benzene rings is 2. The number of ether oxygens (including phenoxy) is 1. The third kappa shape index (κ3) is 3.85. The molecule has 2 aliphatic rings. The SMILES string of the molecule is CC1C2CC(C=O)N(C(=O)CNC(=O)c3ccc(Oc4ccc(F)cc4)cc3)C12. The molecule has 0 bridgehead atoms. The third-order valence-corrected chi connectivity index (χ3v) is 5.72. The van der Waals surface area contributed by atoms with Gasteiger partial charge in [-0.3, -0.25) is 9.59 Å². The van der Waals surface area contributed by atoms with E-state index < -0.39 is 0 Å². The number of fused-ring (bicyclic) bond motifs is 1. The Balaban J connectivity index is 1.32. The Labute approximate surface area is 167 Å². The maximum Gasteiger partial charge on any atom is 0.251 e. The van der Waals surface area contributed by atoms with Crippen LogP contribution in [0.3, 0.4) is 0 Å². The fraction of sp³-hybridized carbons (Fsp3) is 0.318. The van der Waals surface area contributed by atoms with Crippen LogP contribution in [0, 0.1) is 17.7 Å². The summed E-state index contributed by atoms with van der Waals surface area (Å²) in [5.74, 6) is 0.843. The van der Waals surface area contributed by atoms with Crippen LogP contribution < -0.4 is 10.1 Å². The summed E-state index contributed by atoms with van der Waals surface area (Å²) in [6.07, 6.45) is 1.53. The fourth-order valence-electron chi connectivity index (χ4n) is 4.08. The van der Waals surface area contributed by atoms with Gasteiger partial charge >= 0.3 is 0 Å². The summed E-state index contributed by atoms with van der Waals surface area (Å²) >= 11 is 0. The highest BCUT2D eigenvalue weighted by Gasteiger charge is 2.59. The van der Waals surface area contributed by atoms with Gasteiger partial charge in [0.1, 0.15) is 23.6 Å². The molecule has 29 heavy (non-hydrogen) atoms. The van der Waals surface area contributed by atoms with Crippen LogP contribution in [0.15, 0.2) is 48.5 Å². The van der Waals surface area contributed by atoms with Crippen LogP contribution in [0.1, 0.15) is 23.7 Å². The van der Waals surface area contributed by atoms with Crippen molar-refractivity contribution in [3.63, 3.8) is 0 Å². The summed E-state index contributed by atoms with van der Waals surface area (Å²) in [6, 6.07) is 11.8. The number of aldehydes is 1. The average Bonchev–Trinajstić information content (AvgIpc) is 3.18. The predicted molar refractivity (Wildman–Crippen MR) is 103 cm³/mol. The van der Waals surface area contributed by atoms with Gasteiger partial charge in [-0.05, 0) is 66.8 Å². The van der Waals surface area contributed by atoms with Crippen LogP contribution in [0.25, 0.3) is 0 Å². The second-order valence-corrected chi connectivity index (χ2v) is 7.52. The topological polar surface area (TPSA) is 75.7 Å². The first kappa shape index (κ1) is 19.1. The maximum atomic E-state index is 12.9. The van der Waals surface area contributed by atoms with Gasteiger partial charge in [-0.15, -0.1) is 0 Å². The number of rotatable bonds is 6. The zero-order chi connectivity index (χ0) is 20.5. The lowest BCUT2D eigenvalue weighted by Crippen LogP contribution is -2.45. The minimum Gasteiger partial charge on any atom is -0.457 e. The molecule has 2 aromatic rings. The lowest BCUT2D eigenvalue weighted by molar-refractivity contribution is -0.135. The van der Waals surface area contributed by atoms with Crippen LogP contribution in [0.2, 0.25) is 0 Å². The van der Waals surface area contributed by atoms with Crippen molar-refractivity contribution in [1.82, 2.24) is 10.2 Å². The smallest absolute Gasteiger partial charge is 0.251 e. The van der Waals surface area contributed by atoms with Crippen LogP contribution in [-0.4, -0.2) is 41.6 Å². The van der Waals surface area contributed by atoms with Gasteiger partial charge in [0.15, 0.2) is 0 Å². The molecule has 1 saturated carbocycles. The van der Waals surface area contributed by atoms with Gasteiger partial charge in [0, 0.05) is 11.6 Å². The van der Waals surface area contributed by atoms with Gasteiger partial charge in [0.2, 0.25) is 5.91 Å². The fourth-order valence-corrected chi connectivity index (χ4v) is 4.08. The van der Waals surface area contributed by atoms with Crippen molar-refractivity contribution in [3.05, 3.63) is 59.9 Å². The number of hydrogen-bond donors (Lipinski definition) is 1. The number of likely N-dealkylation sites (tertiary alicyclic amines) is 1. The molecule has 7 heteroatoms. The molecule has 1 N–H and O–H groups in total. The van der Waals surface area contributed by atoms with Crippen molar-refractivity contribution in [2.75, 3.05) is 6.54 Å². The second kappa shape index (κ2) is 7.66. The minimum atomic E-state index is -0.381. The Morgan fingerprint density at radius 2 is 1.76 bits per heavy atom. The molecule has 4 atom stereocenters. The zero-order valence-electron chi connectivity index (χ0n) is 15.9. The van der Waals surface area contributed by atoms with Gasteiger partial charge in [-0.25, -0.2) is 4.39 Å². The van der Waals surface area contributed by atoms with Crippen molar-refractivity contribution >= 4 is 18.1 Å². The van der Waals surface area contributed by atoms with Crippen molar-refractivity contribution < 1.29 is 23.5 Å². The molecule has 0 radical (unpaired) electrons. The summed E-state index contributed by atoms with van der Waals surface area (Å²) in [5.41, 5.74) is 0.385. The molecule has 1 aliphatic carbocycles. The first-order valence-electron chi connectivity index (χ1n) is 9.56. The van der Waals surface area contributed by atoms with E-state index in [0.29, 0.717) is 35.3 Å². The molecular formula is C22H21FN2O4. The summed E-state index contributed by atoms with van der Waals surface area (Å²) in [4.78, 5) is 37.7. The quantitative estimate of drug-likeness (QED) is 0.762. The van der Waals surface area contributed by atoms with Gasteiger partial charge in [0.25, 0.3) is 5.91 Å². The maximum absolute atomic E-state index is 12.9. The van der Waals surface area contributed by atoms with Crippen LogP contribution in [0.5, 0.6) is 11.5 Å².